The van der Waals surface area contributed by atoms with E-state index in [1.54, 1.807) is 0 Å². The second kappa shape index (κ2) is 7.04. The summed E-state index contributed by atoms with van der Waals surface area (Å²) in [5.41, 5.74) is 2.15. The molecule has 3 nitrogen and oxygen atoms in total. The predicted molar refractivity (Wildman–Crippen MR) is 76.9 cm³/mol. The molecule has 0 heterocycles. The lowest BCUT2D eigenvalue weighted by molar-refractivity contribution is 0.250. The zero-order valence-corrected chi connectivity index (χ0v) is 11.8. The van der Waals surface area contributed by atoms with Gasteiger partial charge in [-0.3, -0.25) is 0 Å². The second-order valence-corrected chi connectivity index (χ2v) is 5.38. The first-order valence-electron chi connectivity index (χ1n) is 6.64. The zero-order valence-electron chi connectivity index (χ0n) is 11.8. The predicted octanol–water partition coefficient (Wildman–Crippen LogP) is 3.81. The lowest BCUT2D eigenvalue weighted by atomic mass is 10.0. The van der Waals surface area contributed by atoms with Crippen LogP contribution in [0.15, 0.2) is 24.3 Å². The number of carbonyl (C=O) groups is 1. The average molecular weight is 248 g/mol. The number of urea groups is 1. The highest BCUT2D eigenvalue weighted by atomic mass is 16.2. The molecule has 2 amide bonds. The first-order chi connectivity index (χ1) is 8.47. The van der Waals surface area contributed by atoms with Gasteiger partial charge in [0.15, 0.2) is 0 Å². The van der Waals surface area contributed by atoms with Crippen molar-refractivity contribution in [2.75, 3.05) is 5.32 Å². The van der Waals surface area contributed by atoms with E-state index in [0.717, 1.165) is 18.0 Å². The maximum Gasteiger partial charge on any atom is 0.319 e. The summed E-state index contributed by atoms with van der Waals surface area (Å²) in [7, 11) is 0. The van der Waals surface area contributed by atoms with Crippen molar-refractivity contribution in [3.05, 3.63) is 29.8 Å². The summed E-state index contributed by atoms with van der Waals surface area (Å²) in [5.74, 6) is 0.722. The highest BCUT2D eigenvalue weighted by Gasteiger charge is 2.03. The highest BCUT2D eigenvalue weighted by Crippen LogP contribution is 2.13. The first kappa shape index (κ1) is 14.6. The minimum Gasteiger partial charge on any atom is -0.336 e. The normalized spacial score (nSPS) is 10.8. The number of rotatable bonds is 5. The molecule has 2 N–H and O–H groups in total. The second-order valence-electron chi connectivity index (χ2n) is 5.38. The van der Waals surface area contributed by atoms with Crippen molar-refractivity contribution in [2.45, 2.75) is 46.6 Å². The van der Waals surface area contributed by atoms with E-state index < -0.39 is 0 Å². The van der Waals surface area contributed by atoms with Crippen LogP contribution in [-0.2, 0) is 6.42 Å². The smallest absolute Gasteiger partial charge is 0.319 e. The molecule has 0 unspecified atom stereocenters. The van der Waals surface area contributed by atoms with Crippen LogP contribution in [0.25, 0.3) is 0 Å². The van der Waals surface area contributed by atoms with Crippen LogP contribution < -0.4 is 10.6 Å². The summed E-state index contributed by atoms with van der Waals surface area (Å²) >= 11 is 0. The Morgan fingerprint density at radius 1 is 1.11 bits per heavy atom. The van der Waals surface area contributed by atoms with Crippen molar-refractivity contribution in [1.29, 1.82) is 0 Å². The van der Waals surface area contributed by atoms with Crippen LogP contribution in [0.3, 0.4) is 0 Å². The van der Waals surface area contributed by atoms with E-state index in [0.29, 0.717) is 0 Å². The molecule has 100 valence electrons. The van der Waals surface area contributed by atoms with E-state index in [4.69, 9.17) is 0 Å². The maximum absolute atomic E-state index is 11.5. The number of hydrogen-bond donors (Lipinski definition) is 2. The standard InChI is InChI=1S/C15H24N2O/c1-11(2)5-6-13-7-9-14(10-8-13)17-15(18)16-12(3)4/h7-12H,5-6H2,1-4H3,(H2,16,17,18). The molecule has 0 atom stereocenters. The summed E-state index contributed by atoms with van der Waals surface area (Å²) in [6.45, 7) is 8.33. The molecule has 3 heteroatoms. The molecule has 0 spiro atoms. The van der Waals surface area contributed by atoms with Gasteiger partial charge in [0.2, 0.25) is 0 Å². The minimum absolute atomic E-state index is 0.148. The number of hydrogen-bond acceptors (Lipinski definition) is 1. The molecule has 1 rings (SSSR count). The Labute approximate surface area is 110 Å². The summed E-state index contributed by atoms with van der Waals surface area (Å²) < 4.78 is 0. The van der Waals surface area contributed by atoms with Gasteiger partial charge in [-0.2, -0.15) is 0 Å². The van der Waals surface area contributed by atoms with E-state index in [1.165, 1.54) is 12.0 Å². The van der Waals surface area contributed by atoms with Gasteiger partial charge in [0, 0.05) is 11.7 Å². The van der Waals surface area contributed by atoms with Gasteiger partial charge in [0.1, 0.15) is 0 Å². The van der Waals surface area contributed by atoms with E-state index >= 15 is 0 Å². The molecule has 18 heavy (non-hydrogen) atoms. The molecule has 0 radical (unpaired) electrons. The molecule has 1 aromatic carbocycles. The van der Waals surface area contributed by atoms with E-state index in [-0.39, 0.29) is 12.1 Å². The van der Waals surface area contributed by atoms with Crippen LogP contribution in [0.5, 0.6) is 0 Å². The fourth-order valence-electron chi connectivity index (χ4n) is 1.64. The van der Waals surface area contributed by atoms with Crippen LogP contribution in [0, 0.1) is 5.92 Å². The SMILES string of the molecule is CC(C)CCc1ccc(NC(=O)NC(C)C)cc1. The van der Waals surface area contributed by atoms with Gasteiger partial charge in [0.25, 0.3) is 0 Å². The maximum atomic E-state index is 11.5. The van der Waals surface area contributed by atoms with Crippen molar-refractivity contribution in [1.82, 2.24) is 5.32 Å². The third-order valence-electron chi connectivity index (χ3n) is 2.64. The number of benzene rings is 1. The van der Waals surface area contributed by atoms with E-state index in [1.807, 2.05) is 26.0 Å². The van der Waals surface area contributed by atoms with Crippen LogP contribution in [-0.4, -0.2) is 12.1 Å². The van der Waals surface area contributed by atoms with E-state index in [2.05, 4.69) is 36.6 Å². The number of carbonyl (C=O) groups excluding carboxylic acids is 1. The first-order valence-corrected chi connectivity index (χ1v) is 6.64. The monoisotopic (exact) mass is 248 g/mol. The third kappa shape index (κ3) is 5.71. The van der Waals surface area contributed by atoms with Gasteiger partial charge in [-0.15, -0.1) is 0 Å². The summed E-state index contributed by atoms with van der Waals surface area (Å²) in [6, 6.07) is 8.06. The fourth-order valence-corrected chi connectivity index (χ4v) is 1.64. The molecule has 0 bridgehead atoms. The van der Waals surface area contributed by atoms with Gasteiger partial charge in [-0.05, 0) is 50.3 Å². The molecule has 0 aliphatic rings. The summed E-state index contributed by atoms with van der Waals surface area (Å²) in [6.07, 6.45) is 2.29. The Morgan fingerprint density at radius 2 is 1.72 bits per heavy atom. The van der Waals surface area contributed by atoms with Crippen molar-refractivity contribution in [2.24, 2.45) is 5.92 Å². The number of aryl methyl sites for hydroxylation is 1. The highest BCUT2D eigenvalue weighted by molar-refractivity contribution is 5.89. The largest absolute Gasteiger partial charge is 0.336 e. The Balaban J connectivity index is 2.47. The van der Waals surface area contributed by atoms with E-state index in [9.17, 15) is 4.79 Å². The molecule has 1 aromatic rings. The third-order valence-corrected chi connectivity index (χ3v) is 2.64. The molecule has 0 aliphatic heterocycles. The van der Waals surface area contributed by atoms with Gasteiger partial charge < -0.3 is 10.6 Å². The summed E-state index contributed by atoms with van der Waals surface area (Å²) in [4.78, 5) is 11.5. The van der Waals surface area contributed by atoms with Crippen molar-refractivity contribution < 1.29 is 4.79 Å². The number of anilines is 1. The van der Waals surface area contributed by atoms with Gasteiger partial charge in [0.05, 0.1) is 0 Å². The van der Waals surface area contributed by atoms with Crippen LogP contribution >= 0.6 is 0 Å². The van der Waals surface area contributed by atoms with Crippen LogP contribution in [0.4, 0.5) is 10.5 Å². The molecule has 0 aromatic heterocycles. The number of nitrogens with one attached hydrogen (secondary N) is 2. The topological polar surface area (TPSA) is 41.1 Å². The quantitative estimate of drug-likeness (QED) is 0.817. The van der Waals surface area contributed by atoms with Gasteiger partial charge in [-0.25, -0.2) is 4.79 Å². The van der Waals surface area contributed by atoms with Gasteiger partial charge in [-0.1, -0.05) is 26.0 Å². The van der Waals surface area contributed by atoms with Crippen molar-refractivity contribution >= 4 is 11.7 Å². The summed E-state index contributed by atoms with van der Waals surface area (Å²) in [5, 5.41) is 5.61. The lowest BCUT2D eigenvalue weighted by Gasteiger charge is -2.10. The van der Waals surface area contributed by atoms with Crippen LogP contribution in [0.2, 0.25) is 0 Å². The minimum atomic E-state index is -0.153. The Bertz CT molecular complexity index is 369. The molecule has 0 saturated carbocycles. The molecule has 0 aliphatic carbocycles. The molecule has 0 fully saturated rings. The molecule has 0 saturated heterocycles. The molecular formula is C15H24N2O. The Morgan fingerprint density at radius 3 is 2.22 bits per heavy atom. The van der Waals surface area contributed by atoms with Crippen LogP contribution in [0.1, 0.15) is 39.7 Å². The lowest BCUT2D eigenvalue weighted by Crippen LogP contribution is -2.34. The Kier molecular flexibility index (Phi) is 5.69. The van der Waals surface area contributed by atoms with Crippen molar-refractivity contribution in [3.63, 3.8) is 0 Å². The van der Waals surface area contributed by atoms with Gasteiger partial charge >= 0.3 is 6.03 Å². The Hall–Kier alpha value is -1.51. The zero-order chi connectivity index (χ0) is 13.5. The van der Waals surface area contributed by atoms with Crippen molar-refractivity contribution in [3.8, 4) is 0 Å². The average Bonchev–Trinajstić information content (AvgIpc) is 2.26. The fraction of sp³-hybridized carbons (Fsp3) is 0.533. The number of amides is 2. The molecular weight excluding hydrogens is 224 g/mol.